The lowest BCUT2D eigenvalue weighted by Gasteiger charge is -2.09. The molecule has 1 N–H and O–H groups in total. The second-order valence-electron chi connectivity index (χ2n) is 4.98. The van der Waals surface area contributed by atoms with Gasteiger partial charge in [0.05, 0.1) is 18.0 Å². The molecule has 3 aromatic heterocycles. The maximum absolute atomic E-state index is 12.3. The Hall–Kier alpha value is -2.67. The van der Waals surface area contributed by atoms with Crippen LogP contribution in [0, 0.1) is 0 Å². The highest BCUT2D eigenvalue weighted by Crippen LogP contribution is 2.34. The molecule has 3 heterocycles. The molecule has 0 aliphatic carbocycles. The third kappa shape index (κ3) is 1.97. The number of hydrogen-bond donors (Lipinski definition) is 1. The Morgan fingerprint density at radius 3 is 2.87 bits per heavy atom. The van der Waals surface area contributed by atoms with Crippen molar-refractivity contribution in [1.82, 2.24) is 9.97 Å². The minimum Gasteiger partial charge on any atom is -0.493 e. The standard InChI is InChI=1S/C16H9BrN2O4/c1-22-10-6-7(17)5-9-11-12-8(3-2-4-18-12)15(20)19-13(11)16(21)23-14(9)10/h2-6H,1H3,(H,19,20). The molecule has 0 unspecified atom stereocenters. The Bertz CT molecular complexity index is 1210. The summed E-state index contributed by atoms with van der Waals surface area (Å²) in [5.41, 5.74) is -0.169. The number of aromatic nitrogens is 2. The van der Waals surface area contributed by atoms with Gasteiger partial charge in [-0.3, -0.25) is 9.78 Å². The number of nitrogens with zero attached hydrogens (tertiary/aromatic N) is 1. The van der Waals surface area contributed by atoms with Crippen molar-refractivity contribution in [2.24, 2.45) is 0 Å². The van der Waals surface area contributed by atoms with Crippen LogP contribution in [0.2, 0.25) is 0 Å². The number of rotatable bonds is 1. The van der Waals surface area contributed by atoms with Crippen LogP contribution in [-0.4, -0.2) is 17.1 Å². The Balaban J connectivity index is 2.43. The number of H-pyrrole nitrogens is 1. The summed E-state index contributed by atoms with van der Waals surface area (Å²) in [5, 5.41) is 1.57. The number of aromatic amines is 1. The SMILES string of the molecule is COc1cc(Br)cc2c1oc(=O)c1[nH]c(=O)c3cccnc3c12. The zero-order chi connectivity index (χ0) is 16.1. The van der Waals surface area contributed by atoms with Crippen molar-refractivity contribution < 1.29 is 9.15 Å². The number of ether oxygens (including phenoxy) is 1. The minimum atomic E-state index is -0.641. The molecule has 0 spiro atoms. The number of halogens is 1. The van der Waals surface area contributed by atoms with E-state index in [1.165, 1.54) is 7.11 Å². The molecule has 4 aromatic rings. The van der Waals surface area contributed by atoms with Crippen molar-refractivity contribution in [3.05, 3.63) is 55.7 Å². The van der Waals surface area contributed by atoms with Gasteiger partial charge in [0, 0.05) is 21.4 Å². The second kappa shape index (κ2) is 4.92. The number of pyridine rings is 2. The summed E-state index contributed by atoms with van der Waals surface area (Å²) in [7, 11) is 1.49. The number of fused-ring (bicyclic) bond motifs is 5. The molecule has 4 rings (SSSR count). The molecule has 0 saturated carbocycles. The highest BCUT2D eigenvalue weighted by Gasteiger charge is 2.17. The van der Waals surface area contributed by atoms with Crippen molar-refractivity contribution >= 4 is 48.7 Å². The molecule has 0 fully saturated rings. The van der Waals surface area contributed by atoms with Crippen LogP contribution in [0.15, 0.2) is 48.9 Å². The fraction of sp³-hybridized carbons (Fsp3) is 0.0625. The molecule has 7 heteroatoms. The van der Waals surface area contributed by atoms with Gasteiger partial charge in [0.15, 0.2) is 11.3 Å². The van der Waals surface area contributed by atoms with E-state index >= 15 is 0 Å². The van der Waals surface area contributed by atoms with E-state index < -0.39 is 5.63 Å². The fourth-order valence-corrected chi connectivity index (χ4v) is 3.16. The first-order valence-electron chi connectivity index (χ1n) is 6.71. The molecule has 0 aliphatic rings. The molecule has 0 saturated heterocycles. The molecular weight excluding hydrogens is 364 g/mol. The van der Waals surface area contributed by atoms with Gasteiger partial charge >= 0.3 is 5.63 Å². The number of nitrogens with one attached hydrogen (secondary N) is 1. The average molecular weight is 373 g/mol. The van der Waals surface area contributed by atoms with E-state index in [2.05, 4.69) is 25.9 Å². The van der Waals surface area contributed by atoms with E-state index in [1.807, 2.05) is 0 Å². The lowest BCUT2D eigenvalue weighted by Crippen LogP contribution is -2.13. The first-order chi connectivity index (χ1) is 11.1. The summed E-state index contributed by atoms with van der Waals surface area (Å²) in [6.45, 7) is 0. The van der Waals surface area contributed by atoms with Crippen molar-refractivity contribution in [3.8, 4) is 5.75 Å². The van der Waals surface area contributed by atoms with Crippen LogP contribution < -0.4 is 15.9 Å². The molecule has 23 heavy (non-hydrogen) atoms. The van der Waals surface area contributed by atoms with Crippen LogP contribution >= 0.6 is 15.9 Å². The first kappa shape index (κ1) is 14.0. The molecule has 0 atom stereocenters. The summed E-state index contributed by atoms with van der Waals surface area (Å²) in [5.74, 6) is 0.420. The third-order valence-electron chi connectivity index (χ3n) is 3.69. The van der Waals surface area contributed by atoms with E-state index in [9.17, 15) is 9.59 Å². The van der Waals surface area contributed by atoms with Crippen molar-refractivity contribution in [1.29, 1.82) is 0 Å². The number of benzene rings is 1. The first-order valence-corrected chi connectivity index (χ1v) is 7.50. The Labute approximate surface area is 136 Å². The van der Waals surface area contributed by atoms with Crippen LogP contribution in [-0.2, 0) is 0 Å². The monoisotopic (exact) mass is 372 g/mol. The highest BCUT2D eigenvalue weighted by atomic mass is 79.9. The lowest BCUT2D eigenvalue weighted by molar-refractivity contribution is 0.407. The Kier molecular flexibility index (Phi) is 2.99. The van der Waals surface area contributed by atoms with Gasteiger partial charge in [0.25, 0.3) is 5.56 Å². The molecule has 1 aromatic carbocycles. The smallest absolute Gasteiger partial charge is 0.361 e. The van der Waals surface area contributed by atoms with Crippen LogP contribution in [0.4, 0.5) is 0 Å². The molecule has 6 nitrogen and oxygen atoms in total. The quantitative estimate of drug-likeness (QED) is 0.410. The highest BCUT2D eigenvalue weighted by molar-refractivity contribution is 9.10. The summed E-state index contributed by atoms with van der Waals surface area (Å²) >= 11 is 3.41. The summed E-state index contributed by atoms with van der Waals surface area (Å²) in [4.78, 5) is 31.4. The molecule has 114 valence electrons. The molecule has 0 aliphatic heterocycles. The molecule has 0 radical (unpaired) electrons. The van der Waals surface area contributed by atoms with Gasteiger partial charge in [-0.15, -0.1) is 0 Å². The van der Waals surface area contributed by atoms with Gasteiger partial charge in [-0.1, -0.05) is 15.9 Å². The Morgan fingerprint density at radius 1 is 1.26 bits per heavy atom. The predicted molar refractivity (Wildman–Crippen MR) is 90.2 cm³/mol. The van der Waals surface area contributed by atoms with Crippen LogP contribution in [0.3, 0.4) is 0 Å². The van der Waals surface area contributed by atoms with Gasteiger partial charge in [-0.2, -0.15) is 0 Å². The van der Waals surface area contributed by atoms with E-state index in [0.717, 1.165) is 4.47 Å². The van der Waals surface area contributed by atoms with Gasteiger partial charge in [-0.05, 0) is 24.3 Å². The van der Waals surface area contributed by atoms with E-state index in [0.29, 0.717) is 33.0 Å². The zero-order valence-electron chi connectivity index (χ0n) is 11.8. The van der Waals surface area contributed by atoms with E-state index in [1.54, 1.807) is 30.5 Å². The predicted octanol–water partition coefficient (Wildman–Crippen LogP) is 2.95. The fourth-order valence-electron chi connectivity index (χ4n) is 2.72. The zero-order valence-corrected chi connectivity index (χ0v) is 13.4. The van der Waals surface area contributed by atoms with Crippen molar-refractivity contribution in [2.45, 2.75) is 0 Å². The topological polar surface area (TPSA) is 85.2 Å². The Morgan fingerprint density at radius 2 is 2.09 bits per heavy atom. The number of hydrogen-bond acceptors (Lipinski definition) is 5. The largest absolute Gasteiger partial charge is 0.493 e. The average Bonchev–Trinajstić information content (AvgIpc) is 2.55. The third-order valence-corrected chi connectivity index (χ3v) is 4.14. The second-order valence-corrected chi connectivity index (χ2v) is 5.89. The molecule has 0 amide bonds. The summed E-state index contributed by atoms with van der Waals surface area (Å²) < 4.78 is 11.4. The summed E-state index contributed by atoms with van der Waals surface area (Å²) in [6, 6.07) is 6.85. The van der Waals surface area contributed by atoms with Crippen molar-refractivity contribution in [3.63, 3.8) is 0 Å². The molecular formula is C16H9BrN2O4. The van der Waals surface area contributed by atoms with E-state index in [-0.39, 0.29) is 11.1 Å². The normalized spacial score (nSPS) is 11.4. The van der Waals surface area contributed by atoms with Crippen LogP contribution in [0.25, 0.3) is 32.8 Å². The maximum atomic E-state index is 12.3. The van der Waals surface area contributed by atoms with Crippen LogP contribution in [0.5, 0.6) is 5.75 Å². The van der Waals surface area contributed by atoms with Crippen LogP contribution in [0.1, 0.15) is 0 Å². The lowest BCUT2D eigenvalue weighted by atomic mass is 10.1. The van der Waals surface area contributed by atoms with Gasteiger partial charge in [0.2, 0.25) is 0 Å². The van der Waals surface area contributed by atoms with Gasteiger partial charge < -0.3 is 14.1 Å². The van der Waals surface area contributed by atoms with Crippen molar-refractivity contribution in [2.75, 3.05) is 7.11 Å². The maximum Gasteiger partial charge on any atom is 0.361 e. The number of methoxy groups -OCH3 is 1. The summed E-state index contributed by atoms with van der Waals surface area (Å²) in [6.07, 6.45) is 1.58. The molecule has 0 bridgehead atoms. The van der Waals surface area contributed by atoms with E-state index in [4.69, 9.17) is 9.15 Å². The minimum absolute atomic E-state index is 0.0915. The van der Waals surface area contributed by atoms with Gasteiger partial charge in [-0.25, -0.2) is 4.79 Å². The van der Waals surface area contributed by atoms with Gasteiger partial charge in [0.1, 0.15) is 5.52 Å².